The van der Waals surface area contributed by atoms with Crippen LogP contribution < -0.4 is 4.90 Å². The summed E-state index contributed by atoms with van der Waals surface area (Å²) in [5.41, 5.74) is 3.72. The predicted molar refractivity (Wildman–Crippen MR) is 120 cm³/mol. The molecule has 5 rings (SSSR count). The lowest BCUT2D eigenvalue weighted by Gasteiger charge is -2.19. The van der Waals surface area contributed by atoms with Gasteiger partial charge >= 0.3 is 0 Å². The van der Waals surface area contributed by atoms with Gasteiger partial charge in [-0.1, -0.05) is 36.4 Å². The predicted octanol–water partition coefficient (Wildman–Crippen LogP) is 4.30. The molecule has 0 aliphatic carbocycles. The highest BCUT2D eigenvalue weighted by molar-refractivity contribution is 9.10. The number of anilines is 1. The van der Waals surface area contributed by atoms with Crippen LogP contribution in [0.15, 0.2) is 70.2 Å². The molecular weight excluding hydrogens is 464 g/mol. The second-order valence-electron chi connectivity index (χ2n) is 7.31. The Hall–Kier alpha value is -2.71. The summed E-state index contributed by atoms with van der Waals surface area (Å²) in [6.07, 6.45) is 2.57. The molecule has 2 aromatic carbocycles. The molecule has 0 bridgehead atoms. The van der Waals surface area contributed by atoms with E-state index in [2.05, 4.69) is 49.0 Å². The van der Waals surface area contributed by atoms with Crippen molar-refractivity contribution in [1.82, 2.24) is 13.9 Å². The van der Waals surface area contributed by atoms with Crippen LogP contribution in [0.5, 0.6) is 0 Å². The fraction of sp³-hybridized carbons (Fsp3) is 0.182. The Bertz CT molecular complexity index is 1370. The molecule has 0 fully saturated rings. The van der Waals surface area contributed by atoms with E-state index in [-0.39, 0.29) is 4.90 Å². The number of benzene rings is 2. The Kier molecular flexibility index (Phi) is 4.63. The van der Waals surface area contributed by atoms with Gasteiger partial charge in [0.05, 0.1) is 22.5 Å². The molecule has 0 unspecified atom stereocenters. The highest BCUT2D eigenvalue weighted by Gasteiger charge is 2.26. The Morgan fingerprint density at radius 2 is 1.77 bits per heavy atom. The van der Waals surface area contributed by atoms with Crippen molar-refractivity contribution in [2.75, 3.05) is 11.4 Å². The molecule has 30 heavy (non-hydrogen) atoms. The third-order valence-electron chi connectivity index (χ3n) is 5.38. The van der Waals surface area contributed by atoms with Gasteiger partial charge < -0.3 is 4.90 Å². The molecule has 0 saturated carbocycles. The number of rotatable bonds is 4. The van der Waals surface area contributed by atoms with E-state index in [1.165, 1.54) is 15.2 Å². The van der Waals surface area contributed by atoms with Crippen LogP contribution in [0.25, 0.3) is 11.0 Å². The van der Waals surface area contributed by atoms with Gasteiger partial charge in [0.2, 0.25) is 0 Å². The molecule has 0 N–H and O–H groups in total. The zero-order chi connectivity index (χ0) is 20.9. The Morgan fingerprint density at radius 3 is 2.57 bits per heavy atom. The van der Waals surface area contributed by atoms with Crippen molar-refractivity contribution in [3.05, 3.63) is 82.3 Å². The first kappa shape index (κ1) is 19.3. The molecule has 3 heterocycles. The SMILES string of the molecule is Cc1nc(CN2CCc3ccccc32)c2c(Br)cn(S(=O)(=O)c3ccccc3)c2n1. The topological polar surface area (TPSA) is 68.1 Å². The second-order valence-corrected chi connectivity index (χ2v) is 9.98. The van der Waals surface area contributed by atoms with E-state index in [4.69, 9.17) is 0 Å². The van der Waals surface area contributed by atoms with Crippen LogP contribution in [0.2, 0.25) is 0 Å². The number of fused-ring (bicyclic) bond motifs is 2. The van der Waals surface area contributed by atoms with Gasteiger partial charge in [0, 0.05) is 22.9 Å². The number of para-hydroxylation sites is 1. The first-order chi connectivity index (χ1) is 14.4. The molecule has 0 saturated heterocycles. The Balaban J connectivity index is 1.64. The maximum absolute atomic E-state index is 13.3. The standard InChI is InChI=1S/C22H19BrN4O2S/c1-15-24-19(14-26-12-11-16-7-5-6-10-20(16)26)21-18(23)13-27(22(21)25-15)30(28,29)17-8-3-2-4-9-17/h2-10,13H,11-12,14H2,1H3. The molecule has 4 aromatic rings. The molecular formula is C22H19BrN4O2S. The fourth-order valence-corrected chi connectivity index (χ4v) is 6.08. The van der Waals surface area contributed by atoms with E-state index in [1.807, 2.05) is 6.07 Å². The molecule has 8 heteroatoms. The van der Waals surface area contributed by atoms with Gasteiger partial charge in [-0.05, 0) is 53.0 Å². The quantitative estimate of drug-likeness (QED) is 0.433. The molecule has 0 amide bonds. The van der Waals surface area contributed by atoms with Crippen molar-refractivity contribution >= 4 is 42.7 Å². The number of hydrogen-bond donors (Lipinski definition) is 0. The van der Waals surface area contributed by atoms with Gasteiger partial charge in [-0.15, -0.1) is 0 Å². The van der Waals surface area contributed by atoms with E-state index in [9.17, 15) is 8.42 Å². The van der Waals surface area contributed by atoms with E-state index >= 15 is 0 Å². The Morgan fingerprint density at radius 1 is 1.03 bits per heavy atom. The first-order valence-corrected chi connectivity index (χ1v) is 11.9. The monoisotopic (exact) mass is 482 g/mol. The molecule has 152 valence electrons. The third kappa shape index (κ3) is 3.11. The van der Waals surface area contributed by atoms with Crippen LogP contribution in [-0.2, 0) is 23.0 Å². The molecule has 6 nitrogen and oxygen atoms in total. The second kappa shape index (κ2) is 7.21. The minimum atomic E-state index is -3.77. The summed E-state index contributed by atoms with van der Waals surface area (Å²) in [7, 11) is -3.77. The van der Waals surface area contributed by atoms with Crippen molar-refractivity contribution in [3.8, 4) is 0 Å². The third-order valence-corrected chi connectivity index (χ3v) is 7.64. The molecule has 0 spiro atoms. The van der Waals surface area contributed by atoms with Gasteiger partial charge in [0.1, 0.15) is 5.82 Å². The summed E-state index contributed by atoms with van der Waals surface area (Å²) in [5.74, 6) is 0.542. The van der Waals surface area contributed by atoms with Crippen molar-refractivity contribution in [2.45, 2.75) is 24.8 Å². The number of hydrogen-bond acceptors (Lipinski definition) is 5. The van der Waals surface area contributed by atoms with Crippen LogP contribution in [0, 0.1) is 6.92 Å². The normalized spacial score (nSPS) is 13.7. The molecule has 2 aromatic heterocycles. The zero-order valence-corrected chi connectivity index (χ0v) is 18.7. The summed E-state index contributed by atoms with van der Waals surface area (Å²) in [5, 5.41) is 0.726. The zero-order valence-electron chi connectivity index (χ0n) is 16.3. The van der Waals surface area contributed by atoms with Crippen molar-refractivity contribution in [3.63, 3.8) is 0 Å². The average molecular weight is 483 g/mol. The highest BCUT2D eigenvalue weighted by Crippen LogP contribution is 2.34. The van der Waals surface area contributed by atoms with Crippen molar-refractivity contribution in [2.24, 2.45) is 0 Å². The molecule has 1 aliphatic heterocycles. The summed E-state index contributed by atoms with van der Waals surface area (Å²) < 4.78 is 28.4. The molecule has 0 radical (unpaired) electrons. The van der Waals surface area contributed by atoms with E-state index in [0.717, 1.165) is 24.0 Å². The van der Waals surface area contributed by atoms with Crippen LogP contribution in [0.1, 0.15) is 17.1 Å². The minimum Gasteiger partial charge on any atom is -0.365 e. The van der Waals surface area contributed by atoms with Crippen LogP contribution in [0.3, 0.4) is 0 Å². The van der Waals surface area contributed by atoms with E-state index < -0.39 is 10.0 Å². The summed E-state index contributed by atoms with van der Waals surface area (Å²) in [6.45, 7) is 3.29. The largest absolute Gasteiger partial charge is 0.365 e. The lowest BCUT2D eigenvalue weighted by Crippen LogP contribution is -2.21. The maximum Gasteiger partial charge on any atom is 0.269 e. The number of aromatic nitrogens is 3. The number of halogens is 1. The van der Waals surface area contributed by atoms with Crippen LogP contribution in [-0.4, -0.2) is 28.9 Å². The number of nitrogens with zero attached hydrogens (tertiary/aromatic N) is 4. The van der Waals surface area contributed by atoms with Gasteiger partial charge in [-0.3, -0.25) is 0 Å². The highest BCUT2D eigenvalue weighted by atomic mass is 79.9. The average Bonchev–Trinajstić information content (AvgIpc) is 3.30. The maximum atomic E-state index is 13.3. The van der Waals surface area contributed by atoms with Gasteiger partial charge in [-0.25, -0.2) is 22.4 Å². The van der Waals surface area contributed by atoms with Gasteiger partial charge in [0.15, 0.2) is 5.65 Å². The van der Waals surface area contributed by atoms with Crippen LogP contribution >= 0.6 is 15.9 Å². The lowest BCUT2D eigenvalue weighted by atomic mass is 10.2. The van der Waals surface area contributed by atoms with Gasteiger partial charge in [0.25, 0.3) is 10.0 Å². The minimum absolute atomic E-state index is 0.223. The smallest absolute Gasteiger partial charge is 0.269 e. The van der Waals surface area contributed by atoms with Crippen LogP contribution in [0.4, 0.5) is 5.69 Å². The summed E-state index contributed by atoms with van der Waals surface area (Å²) in [4.78, 5) is 11.7. The Labute approximate surface area is 183 Å². The summed E-state index contributed by atoms with van der Waals surface area (Å²) in [6, 6.07) is 16.8. The van der Waals surface area contributed by atoms with Crippen molar-refractivity contribution in [1.29, 1.82) is 0 Å². The number of aryl methyl sites for hydroxylation is 1. The van der Waals surface area contributed by atoms with Gasteiger partial charge in [-0.2, -0.15) is 0 Å². The van der Waals surface area contributed by atoms with E-state index in [1.54, 1.807) is 43.5 Å². The lowest BCUT2D eigenvalue weighted by molar-refractivity contribution is 0.588. The first-order valence-electron chi connectivity index (χ1n) is 9.63. The molecule has 1 aliphatic rings. The molecule has 0 atom stereocenters. The summed E-state index contributed by atoms with van der Waals surface area (Å²) >= 11 is 3.56. The van der Waals surface area contributed by atoms with Crippen molar-refractivity contribution < 1.29 is 8.42 Å². The van der Waals surface area contributed by atoms with E-state index in [0.29, 0.717) is 22.5 Å². The fourth-order valence-electron chi connectivity index (χ4n) is 4.00.